The van der Waals surface area contributed by atoms with Crippen LogP contribution < -0.4 is 5.32 Å². The van der Waals surface area contributed by atoms with Crippen LogP contribution in [0.15, 0.2) is 6.20 Å². The van der Waals surface area contributed by atoms with Gasteiger partial charge in [-0.05, 0) is 26.8 Å². The summed E-state index contributed by atoms with van der Waals surface area (Å²) in [5.41, 5.74) is 4.13. The molecule has 0 aliphatic rings. The monoisotopic (exact) mass is 295 g/mol. The van der Waals surface area contributed by atoms with Crippen LogP contribution in [0.4, 0.5) is 0 Å². The van der Waals surface area contributed by atoms with Crippen molar-refractivity contribution in [2.75, 3.05) is 6.54 Å². The van der Waals surface area contributed by atoms with Gasteiger partial charge in [-0.3, -0.25) is 9.36 Å². The van der Waals surface area contributed by atoms with Crippen molar-refractivity contribution in [2.24, 2.45) is 7.05 Å². The molecule has 1 N–H and O–H groups in total. The van der Waals surface area contributed by atoms with E-state index in [0.717, 1.165) is 41.6 Å². The van der Waals surface area contributed by atoms with E-state index in [1.807, 2.05) is 30.3 Å². The summed E-state index contributed by atoms with van der Waals surface area (Å²) in [7, 11) is 1.91. The molecule has 20 heavy (non-hydrogen) atoms. The topological polar surface area (TPSA) is 47.7 Å². The second-order valence-corrected chi connectivity index (χ2v) is 5.46. The molecule has 0 atom stereocenters. The lowest BCUT2D eigenvalue weighted by Gasteiger charge is -2.03. The number of aryl methyl sites for hydroxylation is 3. The molecule has 0 aromatic carbocycles. The van der Waals surface area contributed by atoms with Crippen LogP contribution in [0.5, 0.6) is 0 Å². The Hall–Kier alpha value is -1.33. The fraction of sp³-hybridized carbons (Fsp3) is 0.571. The first-order valence-corrected chi connectivity index (χ1v) is 7.32. The van der Waals surface area contributed by atoms with E-state index in [2.05, 4.69) is 28.6 Å². The molecule has 2 aromatic heterocycles. The number of aromatic nitrogens is 4. The molecule has 0 aliphatic carbocycles. The van der Waals surface area contributed by atoms with Gasteiger partial charge in [-0.2, -0.15) is 10.2 Å². The maximum atomic E-state index is 6.28. The Labute approximate surface area is 124 Å². The van der Waals surface area contributed by atoms with Crippen molar-refractivity contribution in [3.63, 3.8) is 0 Å². The minimum absolute atomic E-state index is 0.644. The van der Waals surface area contributed by atoms with E-state index >= 15 is 0 Å². The van der Waals surface area contributed by atoms with E-state index in [1.165, 1.54) is 5.56 Å². The van der Waals surface area contributed by atoms with Crippen LogP contribution >= 0.6 is 11.6 Å². The molecular weight excluding hydrogens is 274 g/mol. The van der Waals surface area contributed by atoms with Gasteiger partial charge in [-0.1, -0.05) is 18.5 Å². The van der Waals surface area contributed by atoms with Crippen molar-refractivity contribution in [1.82, 2.24) is 24.9 Å². The highest BCUT2D eigenvalue weighted by atomic mass is 35.5. The zero-order valence-electron chi connectivity index (χ0n) is 12.6. The smallest absolute Gasteiger partial charge is 0.0866 e. The van der Waals surface area contributed by atoms with Gasteiger partial charge in [0.05, 0.1) is 28.6 Å². The number of rotatable bonds is 6. The van der Waals surface area contributed by atoms with Crippen LogP contribution in [0.3, 0.4) is 0 Å². The predicted octanol–water partition coefficient (Wildman–Crippen LogP) is 2.43. The van der Waals surface area contributed by atoms with Crippen molar-refractivity contribution in [1.29, 1.82) is 0 Å². The molecular formula is C14H22ClN5. The molecule has 2 rings (SSSR count). The molecule has 110 valence electrons. The third-order valence-corrected chi connectivity index (χ3v) is 3.86. The van der Waals surface area contributed by atoms with Crippen molar-refractivity contribution in [3.05, 3.63) is 33.9 Å². The standard InChI is InChI=1S/C14H22ClN5/c1-5-6-16-7-12-8-20(18-10(12)2)9-13-14(15)11(3)17-19(13)4/h8,16H,5-7,9H2,1-4H3. The van der Waals surface area contributed by atoms with Crippen molar-refractivity contribution in [2.45, 2.75) is 40.3 Å². The average molecular weight is 296 g/mol. The highest BCUT2D eigenvalue weighted by molar-refractivity contribution is 6.31. The minimum Gasteiger partial charge on any atom is -0.313 e. The number of hydrogen-bond acceptors (Lipinski definition) is 3. The molecule has 2 aromatic rings. The van der Waals surface area contributed by atoms with Crippen LogP contribution in [0.1, 0.15) is 36.0 Å². The molecule has 0 saturated heterocycles. The minimum atomic E-state index is 0.644. The molecule has 0 spiro atoms. The Balaban J connectivity index is 2.12. The van der Waals surface area contributed by atoms with Crippen LogP contribution in [-0.2, 0) is 20.1 Å². The summed E-state index contributed by atoms with van der Waals surface area (Å²) >= 11 is 6.28. The normalized spacial score (nSPS) is 11.2. The fourth-order valence-corrected chi connectivity index (χ4v) is 2.44. The van der Waals surface area contributed by atoms with Crippen LogP contribution in [0.2, 0.25) is 5.02 Å². The first-order valence-electron chi connectivity index (χ1n) is 6.94. The van der Waals surface area contributed by atoms with Crippen LogP contribution in [0, 0.1) is 13.8 Å². The maximum absolute atomic E-state index is 6.28. The van der Waals surface area contributed by atoms with Crippen molar-refractivity contribution < 1.29 is 0 Å². The summed E-state index contributed by atoms with van der Waals surface area (Å²) in [6, 6.07) is 0. The number of halogens is 1. The largest absolute Gasteiger partial charge is 0.313 e. The lowest BCUT2D eigenvalue weighted by molar-refractivity contribution is 0.614. The van der Waals surface area contributed by atoms with E-state index in [1.54, 1.807) is 0 Å². The van der Waals surface area contributed by atoms with E-state index in [0.29, 0.717) is 6.54 Å². The molecule has 6 heteroatoms. The first kappa shape index (κ1) is 15.1. The quantitative estimate of drug-likeness (QED) is 0.833. The Morgan fingerprint density at radius 3 is 2.60 bits per heavy atom. The molecule has 0 amide bonds. The summed E-state index contributed by atoms with van der Waals surface area (Å²) in [4.78, 5) is 0. The van der Waals surface area contributed by atoms with E-state index in [4.69, 9.17) is 11.6 Å². The maximum Gasteiger partial charge on any atom is 0.0866 e. The van der Waals surface area contributed by atoms with Gasteiger partial charge in [-0.15, -0.1) is 0 Å². The van der Waals surface area contributed by atoms with Gasteiger partial charge < -0.3 is 5.32 Å². The SMILES string of the molecule is CCCNCc1cn(Cc2c(Cl)c(C)nn2C)nc1C. The summed E-state index contributed by atoms with van der Waals surface area (Å²) in [5, 5.41) is 13.0. The molecule has 0 saturated carbocycles. The Morgan fingerprint density at radius 2 is 2.00 bits per heavy atom. The van der Waals surface area contributed by atoms with Crippen molar-refractivity contribution >= 4 is 11.6 Å². The van der Waals surface area contributed by atoms with Gasteiger partial charge in [0.2, 0.25) is 0 Å². The molecule has 5 nitrogen and oxygen atoms in total. The van der Waals surface area contributed by atoms with E-state index in [9.17, 15) is 0 Å². The summed E-state index contributed by atoms with van der Waals surface area (Å²) in [5.74, 6) is 0. The van der Waals surface area contributed by atoms with Crippen molar-refractivity contribution in [3.8, 4) is 0 Å². The van der Waals surface area contributed by atoms with E-state index in [-0.39, 0.29) is 0 Å². The third kappa shape index (κ3) is 3.22. The Kier molecular flexibility index (Phi) is 4.83. The molecule has 2 heterocycles. The second kappa shape index (κ2) is 6.41. The highest BCUT2D eigenvalue weighted by Gasteiger charge is 2.13. The zero-order chi connectivity index (χ0) is 14.7. The van der Waals surface area contributed by atoms with Crippen LogP contribution in [-0.4, -0.2) is 26.1 Å². The average Bonchev–Trinajstić information content (AvgIpc) is 2.86. The molecule has 0 aliphatic heterocycles. The van der Waals surface area contributed by atoms with Gasteiger partial charge in [0.15, 0.2) is 0 Å². The van der Waals surface area contributed by atoms with Gasteiger partial charge in [0, 0.05) is 25.4 Å². The number of nitrogens with one attached hydrogen (secondary N) is 1. The van der Waals surface area contributed by atoms with Gasteiger partial charge in [-0.25, -0.2) is 0 Å². The summed E-state index contributed by atoms with van der Waals surface area (Å²) < 4.78 is 3.75. The predicted molar refractivity (Wildman–Crippen MR) is 81.0 cm³/mol. The second-order valence-electron chi connectivity index (χ2n) is 5.08. The molecule has 0 radical (unpaired) electrons. The summed E-state index contributed by atoms with van der Waals surface area (Å²) in [6.45, 7) is 8.64. The molecule has 0 fully saturated rings. The molecule has 0 unspecified atom stereocenters. The number of nitrogens with zero attached hydrogens (tertiary/aromatic N) is 4. The lowest BCUT2D eigenvalue weighted by Crippen LogP contribution is -2.13. The van der Waals surface area contributed by atoms with Gasteiger partial charge >= 0.3 is 0 Å². The van der Waals surface area contributed by atoms with Gasteiger partial charge in [0.1, 0.15) is 0 Å². The Bertz CT molecular complexity index is 585. The zero-order valence-corrected chi connectivity index (χ0v) is 13.3. The first-order chi connectivity index (χ1) is 9.52. The van der Waals surface area contributed by atoms with E-state index < -0.39 is 0 Å². The Morgan fingerprint density at radius 1 is 1.25 bits per heavy atom. The van der Waals surface area contributed by atoms with Crippen LogP contribution in [0.25, 0.3) is 0 Å². The third-order valence-electron chi connectivity index (χ3n) is 3.36. The fourth-order valence-electron chi connectivity index (χ4n) is 2.22. The van der Waals surface area contributed by atoms with Gasteiger partial charge in [0.25, 0.3) is 0 Å². The highest BCUT2D eigenvalue weighted by Crippen LogP contribution is 2.20. The number of hydrogen-bond donors (Lipinski definition) is 1. The summed E-state index contributed by atoms with van der Waals surface area (Å²) in [6.07, 6.45) is 3.22. The lowest BCUT2D eigenvalue weighted by atomic mass is 10.2. The molecule has 0 bridgehead atoms.